The molecule has 7 saturated carbocycles. The molecule has 8 heteroatoms. The number of esters is 2. The smallest absolute Gasteiger partial charge is 0.305 e. The molecular weight excluding hydrogens is 789 g/mol. The van der Waals surface area contributed by atoms with Crippen LogP contribution in [-0.4, -0.2) is 74.0 Å². The Morgan fingerprint density at radius 3 is 1.70 bits per heavy atom. The monoisotopic (exact) mass is 883 g/mol. The van der Waals surface area contributed by atoms with E-state index in [1.807, 2.05) is 0 Å². The Morgan fingerprint density at radius 1 is 0.619 bits per heavy atom. The van der Waals surface area contributed by atoms with Crippen molar-refractivity contribution in [2.24, 2.45) is 86.8 Å². The van der Waals surface area contributed by atoms with Gasteiger partial charge in [-0.3, -0.25) is 9.59 Å². The Bertz CT molecular complexity index is 1470. The number of hydrogen-bond acceptors (Lipinski definition) is 8. The van der Waals surface area contributed by atoms with E-state index >= 15 is 0 Å². The van der Waals surface area contributed by atoms with Gasteiger partial charge in [-0.1, -0.05) is 54.9 Å². The Labute approximate surface area is 384 Å². The highest BCUT2D eigenvalue weighted by atomic mass is 16.5. The first kappa shape index (κ1) is 49.7. The molecule has 0 saturated heterocycles. The fourth-order valence-electron chi connectivity index (χ4n) is 18.0. The highest BCUT2D eigenvalue weighted by molar-refractivity contribution is 5.69. The van der Waals surface area contributed by atoms with Crippen molar-refractivity contribution in [1.29, 1.82) is 0 Å². The number of ether oxygens (including phenoxy) is 4. The van der Waals surface area contributed by atoms with Gasteiger partial charge in [0.15, 0.2) is 0 Å². The third-order valence-corrected chi connectivity index (χ3v) is 21.4. The molecule has 0 aromatic rings. The third-order valence-electron chi connectivity index (χ3n) is 21.4. The molecule has 63 heavy (non-hydrogen) atoms. The van der Waals surface area contributed by atoms with Crippen molar-refractivity contribution in [3.63, 3.8) is 0 Å². The van der Waals surface area contributed by atoms with Crippen molar-refractivity contribution in [3.05, 3.63) is 0 Å². The largest absolute Gasteiger partial charge is 0.469 e. The van der Waals surface area contributed by atoms with Crippen LogP contribution in [0.15, 0.2) is 0 Å². The van der Waals surface area contributed by atoms with Gasteiger partial charge in [0, 0.05) is 26.1 Å². The minimum atomic E-state index is -0.232. The van der Waals surface area contributed by atoms with E-state index in [1.54, 1.807) is 0 Å². The molecule has 19 atom stereocenters. The first-order chi connectivity index (χ1) is 30.0. The van der Waals surface area contributed by atoms with E-state index in [0.717, 1.165) is 96.7 Å². The molecule has 362 valence electrons. The summed E-state index contributed by atoms with van der Waals surface area (Å²) in [5.41, 5.74) is 1.05. The van der Waals surface area contributed by atoms with Gasteiger partial charge in [0.2, 0.25) is 0 Å². The number of aliphatic hydroxyl groups excluding tert-OH is 2. The topological polar surface area (TPSA) is 112 Å². The van der Waals surface area contributed by atoms with Gasteiger partial charge in [-0.15, -0.1) is 0 Å². The van der Waals surface area contributed by atoms with Gasteiger partial charge in [0.1, 0.15) is 0 Å². The molecule has 7 fully saturated rings. The number of carbonyl (C=O) groups is 2. The number of fused-ring (bicyclic) bond motifs is 8. The molecule has 0 radical (unpaired) electrons. The fraction of sp³-hybridized carbons (Fsp3) is 0.964. The van der Waals surface area contributed by atoms with Gasteiger partial charge >= 0.3 is 11.9 Å². The maximum Gasteiger partial charge on any atom is 0.305 e. The van der Waals surface area contributed by atoms with E-state index in [9.17, 15) is 19.8 Å². The summed E-state index contributed by atoms with van der Waals surface area (Å²) in [6.45, 7) is 18.8. The summed E-state index contributed by atoms with van der Waals surface area (Å²) in [6.07, 6.45) is 24.7. The highest BCUT2D eigenvalue weighted by Gasteiger charge is 2.63. The summed E-state index contributed by atoms with van der Waals surface area (Å²) in [5, 5.41) is 23.8. The molecular formula is C55H94O8. The highest BCUT2D eigenvalue weighted by Crippen LogP contribution is 2.69. The number of unbranched alkanes of at least 4 members (excludes halogenated alkanes) is 2. The van der Waals surface area contributed by atoms with Crippen molar-refractivity contribution in [2.75, 3.05) is 27.4 Å². The molecule has 0 heterocycles. The molecule has 0 aromatic carbocycles. The van der Waals surface area contributed by atoms with Crippen molar-refractivity contribution >= 4 is 11.9 Å². The summed E-state index contributed by atoms with van der Waals surface area (Å²) < 4.78 is 23.1. The molecule has 0 spiro atoms. The van der Waals surface area contributed by atoms with E-state index in [-0.39, 0.29) is 40.4 Å². The van der Waals surface area contributed by atoms with Crippen LogP contribution < -0.4 is 0 Å². The number of aliphatic hydroxyl groups is 2. The Hall–Kier alpha value is -1.22. The normalized spacial score (nSPS) is 45.4. The van der Waals surface area contributed by atoms with Crippen LogP contribution >= 0.6 is 0 Å². The van der Waals surface area contributed by atoms with Crippen molar-refractivity contribution < 1.29 is 38.7 Å². The van der Waals surface area contributed by atoms with Gasteiger partial charge in [0.05, 0.1) is 38.6 Å². The van der Waals surface area contributed by atoms with Gasteiger partial charge in [-0.25, -0.2) is 0 Å². The Balaban J connectivity index is 0.811. The van der Waals surface area contributed by atoms with Crippen LogP contribution in [0, 0.1) is 86.8 Å². The lowest BCUT2D eigenvalue weighted by Crippen LogP contribution is -2.59. The summed E-state index contributed by atoms with van der Waals surface area (Å²) >= 11 is 0. The predicted molar refractivity (Wildman–Crippen MR) is 250 cm³/mol. The van der Waals surface area contributed by atoms with Gasteiger partial charge in [-0.2, -0.15) is 0 Å². The lowest BCUT2D eigenvalue weighted by atomic mass is 9.43. The first-order valence-corrected chi connectivity index (χ1v) is 26.7. The van der Waals surface area contributed by atoms with E-state index < -0.39 is 0 Å². The van der Waals surface area contributed by atoms with Crippen molar-refractivity contribution in [2.45, 2.75) is 221 Å². The molecule has 7 aliphatic carbocycles. The van der Waals surface area contributed by atoms with Gasteiger partial charge < -0.3 is 29.2 Å². The SMILES string of the molecule is CC[C@H]1C2C(CC[C@]1(C)C[C@H](C)CCC(=O)OC)[C@@]1(C)CC[C@@H](OCCCCCO[C@@H]3CC[C@@]4(C)C(C3)C[C@H](O)[C@@H]3C4CC[C@@]4(C)C3CC[C@@H]4[C@H](C)CCC(=O)OC)CC1C[C@H]2O. The minimum Gasteiger partial charge on any atom is -0.469 e. The number of rotatable bonds is 18. The molecule has 0 aliphatic heterocycles. The third kappa shape index (κ3) is 10.0. The fourth-order valence-corrected chi connectivity index (χ4v) is 18.0. The lowest BCUT2D eigenvalue weighted by molar-refractivity contribution is -0.181. The van der Waals surface area contributed by atoms with E-state index in [4.69, 9.17) is 18.9 Å². The standard InChI is InChI=1S/C55H94O8/c1-10-41-50-44(22-24-52(41,4)34-35(2)14-18-48(58)60-8)53(5)25-20-39(30-37(53)32-46(50)56)62-28-12-11-13-29-63-40-21-26-54(6)38(31-40)33-47(57)51-43-17-16-42(36(3)15-19-49(59)61-9)55(43,7)27-23-45(51)54/h35-47,50-51,56-57H,10-34H2,1-9H3/t35-,36-,37?,38?,39-,40-,41+,42-,43?,44?,45?,46-,47+,50?,51+,52-,53+,54+,55-/m1/s1. The first-order valence-electron chi connectivity index (χ1n) is 26.7. The molecule has 6 unspecified atom stereocenters. The maximum atomic E-state index is 11.9. The van der Waals surface area contributed by atoms with Crippen LogP contribution in [0.4, 0.5) is 0 Å². The summed E-state index contributed by atoms with van der Waals surface area (Å²) in [4.78, 5) is 23.8. The van der Waals surface area contributed by atoms with Gasteiger partial charge in [-0.05, 0) is 215 Å². The van der Waals surface area contributed by atoms with Crippen LogP contribution in [0.3, 0.4) is 0 Å². The molecule has 8 nitrogen and oxygen atoms in total. The lowest BCUT2D eigenvalue weighted by Gasteiger charge is -2.63. The zero-order valence-corrected chi connectivity index (χ0v) is 41.7. The predicted octanol–water partition coefficient (Wildman–Crippen LogP) is 11.8. The zero-order valence-electron chi connectivity index (χ0n) is 41.7. The van der Waals surface area contributed by atoms with Crippen molar-refractivity contribution in [1.82, 2.24) is 0 Å². The number of methoxy groups -OCH3 is 2. The Morgan fingerprint density at radius 2 is 1.13 bits per heavy atom. The summed E-state index contributed by atoms with van der Waals surface area (Å²) in [7, 11) is 2.98. The molecule has 0 bridgehead atoms. The minimum absolute atomic E-state index is 0.0918. The molecule has 2 N–H and O–H groups in total. The molecule has 0 aromatic heterocycles. The second-order valence-corrected chi connectivity index (χ2v) is 24.5. The zero-order chi connectivity index (χ0) is 45.3. The van der Waals surface area contributed by atoms with E-state index in [1.165, 1.54) is 65.6 Å². The second-order valence-electron chi connectivity index (χ2n) is 24.5. The van der Waals surface area contributed by atoms with Gasteiger partial charge in [0.25, 0.3) is 0 Å². The molecule has 7 rings (SSSR count). The number of carbonyl (C=O) groups excluding carboxylic acids is 2. The Kier molecular flexibility index (Phi) is 16.2. The second kappa shape index (κ2) is 20.6. The summed E-state index contributed by atoms with van der Waals surface area (Å²) in [6, 6.07) is 0. The quantitative estimate of drug-likeness (QED) is 0.103. The number of hydrogen-bond donors (Lipinski definition) is 2. The summed E-state index contributed by atoms with van der Waals surface area (Å²) in [5.74, 6) is 5.56. The van der Waals surface area contributed by atoms with E-state index in [0.29, 0.717) is 95.6 Å². The van der Waals surface area contributed by atoms with Crippen LogP contribution in [0.5, 0.6) is 0 Å². The maximum absolute atomic E-state index is 11.9. The van der Waals surface area contributed by atoms with Crippen LogP contribution in [-0.2, 0) is 28.5 Å². The van der Waals surface area contributed by atoms with E-state index in [2.05, 4.69) is 48.5 Å². The van der Waals surface area contributed by atoms with Crippen LogP contribution in [0.2, 0.25) is 0 Å². The molecule has 7 aliphatic rings. The molecule has 0 amide bonds. The van der Waals surface area contributed by atoms with Crippen molar-refractivity contribution in [3.8, 4) is 0 Å². The average Bonchev–Trinajstić information content (AvgIpc) is 3.62. The van der Waals surface area contributed by atoms with Crippen LogP contribution in [0.1, 0.15) is 196 Å². The average molecular weight is 883 g/mol. The van der Waals surface area contributed by atoms with Crippen LogP contribution in [0.25, 0.3) is 0 Å².